The number of hydrogen-bond donors (Lipinski definition) is 0. The lowest BCUT2D eigenvalue weighted by Gasteiger charge is -2.11. The Bertz CT molecular complexity index is 1080. The second kappa shape index (κ2) is 21.9. The van der Waals surface area contributed by atoms with Gasteiger partial charge in [-0.2, -0.15) is 0 Å². The van der Waals surface area contributed by atoms with Crippen LogP contribution in [0, 0.1) is 19.8 Å². The Balaban J connectivity index is 0.000000649. The Labute approximate surface area is 242 Å². The predicted molar refractivity (Wildman–Crippen MR) is 180 cm³/mol. The number of aryl methyl sites for hydroxylation is 2. The van der Waals surface area contributed by atoms with E-state index in [1.165, 1.54) is 76.7 Å². The van der Waals surface area contributed by atoms with E-state index in [0.29, 0.717) is 0 Å². The number of hydrogen-bond acceptors (Lipinski definition) is 1. The van der Waals surface area contributed by atoms with Gasteiger partial charge < -0.3 is 0 Å². The van der Waals surface area contributed by atoms with E-state index in [1.54, 1.807) is 6.08 Å². The van der Waals surface area contributed by atoms with Gasteiger partial charge in [-0.25, -0.2) is 0 Å². The smallest absolute Gasteiger partial charge is 0.0600 e. The normalized spacial score (nSPS) is 17.9. The van der Waals surface area contributed by atoms with Gasteiger partial charge >= 0.3 is 0 Å². The molecule has 1 unspecified atom stereocenters. The molecule has 1 atom stereocenters. The first-order chi connectivity index (χ1) is 18.7. The fourth-order valence-corrected chi connectivity index (χ4v) is 4.27. The molecule has 0 saturated carbocycles. The van der Waals surface area contributed by atoms with Crippen LogP contribution in [-0.2, 0) is 6.42 Å². The maximum atomic E-state index is 4.47. The van der Waals surface area contributed by atoms with Gasteiger partial charge in [0.2, 0.25) is 0 Å². The average molecular weight is 528 g/mol. The number of nitrogens with zero attached hydrogens (tertiary/aromatic N) is 1. The Hall–Kier alpha value is -2.93. The number of allylic oxidation sites excluding steroid dienone is 6. The van der Waals surface area contributed by atoms with E-state index in [4.69, 9.17) is 0 Å². The summed E-state index contributed by atoms with van der Waals surface area (Å²) in [5.41, 5.74) is 10.6. The highest BCUT2D eigenvalue weighted by Gasteiger charge is 2.06. The second-order valence-electron chi connectivity index (χ2n) is 10.4. The minimum Gasteiger partial charge on any atom is -0.288 e. The van der Waals surface area contributed by atoms with Crippen LogP contribution in [0.25, 0.3) is 5.57 Å². The van der Waals surface area contributed by atoms with E-state index in [9.17, 15) is 0 Å². The molecule has 1 heterocycles. The second-order valence-corrected chi connectivity index (χ2v) is 10.4. The van der Waals surface area contributed by atoms with E-state index in [0.717, 1.165) is 12.5 Å². The van der Waals surface area contributed by atoms with Crippen LogP contribution >= 0.6 is 0 Å². The molecule has 0 radical (unpaired) electrons. The Morgan fingerprint density at radius 3 is 2.18 bits per heavy atom. The summed E-state index contributed by atoms with van der Waals surface area (Å²) in [6, 6.07) is 17.4. The third-order valence-electron chi connectivity index (χ3n) is 6.44. The van der Waals surface area contributed by atoms with Crippen LogP contribution in [0.15, 0.2) is 95.0 Å². The van der Waals surface area contributed by atoms with Crippen molar-refractivity contribution in [2.24, 2.45) is 10.9 Å². The van der Waals surface area contributed by atoms with Gasteiger partial charge in [0, 0.05) is 6.21 Å². The van der Waals surface area contributed by atoms with Gasteiger partial charge in [0.15, 0.2) is 0 Å². The Morgan fingerprint density at radius 1 is 0.897 bits per heavy atom. The first kappa shape index (κ1) is 36.1. The zero-order valence-corrected chi connectivity index (χ0v) is 26.9. The molecule has 1 nitrogen and oxygen atoms in total. The van der Waals surface area contributed by atoms with Crippen LogP contribution < -0.4 is 0 Å². The Kier molecular flexibility index (Phi) is 20.3. The van der Waals surface area contributed by atoms with Gasteiger partial charge in [-0.3, -0.25) is 4.99 Å². The molecule has 1 aliphatic heterocycles. The van der Waals surface area contributed by atoms with Crippen molar-refractivity contribution in [3.05, 3.63) is 112 Å². The molecule has 0 fully saturated rings. The highest BCUT2D eigenvalue weighted by Crippen LogP contribution is 2.24. The fourth-order valence-electron chi connectivity index (χ4n) is 4.27. The summed E-state index contributed by atoms with van der Waals surface area (Å²) in [6.45, 7) is 25.4. The summed E-state index contributed by atoms with van der Waals surface area (Å²) in [5.74, 6) is 0.832. The number of benzene rings is 2. The van der Waals surface area contributed by atoms with Crippen molar-refractivity contribution >= 4 is 11.8 Å². The van der Waals surface area contributed by atoms with Crippen LogP contribution in [-0.4, -0.2) is 12.8 Å². The molecule has 1 aliphatic rings. The van der Waals surface area contributed by atoms with Crippen molar-refractivity contribution in [1.29, 1.82) is 0 Å². The van der Waals surface area contributed by atoms with Crippen LogP contribution in [0.1, 0.15) is 103 Å². The predicted octanol–water partition coefficient (Wildman–Crippen LogP) is 11.7. The van der Waals surface area contributed by atoms with Crippen molar-refractivity contribution in [2.45, 2.75) is 101 Å². The quantitative estimate of drug-likeness (QED) is 0.251. The monoisotopic (exact) mass is 527 g/mol. The van der Waals surface area contributed by atoms with Crippen LogP contribution in [0.3, 0.4) is 0 Å². The lowest BCUT2D eigenvalue weighted by atomic mass is 9.95. The molecule has 1 heteroatoms. The highest BCUT2D eigenvalue weighted by molar-refractivity contribution is 5.84. The molecule has 214 valence electrons. The van der Waals surface area contributed by atoms with Gasteiger partial charge in [0.05, 0.1) is 6.54 Å². The van der Waals surface area contributed by atoms with Crippen molar-refractivity contribution in [1.82, 2.24) is 0 Å². The lowest BCUT2D eigenvalue weighted by molar-refractivity contribution is 0.493. The molecule has 2 aromatic carbocycles. The molecular formula is C38H57N. The summed E-state index contributed by atoms with van der Waals surface area (Å²) >= 11 is 0. The maximum absolute atomic E-state index is 4.47. The molecule has 0 aromatic heterocycles. The van der Waals surface area contributed by atoms with Gasteiger partial charge in [-0.1, -0.05) is 131 Å². The topological polar surface area (TPSA) is 12.4 Å². The van der Waals surface area contributed by atoms with E-state index >= 15 is 0 Å². The van der Waals surface area contributed by atoms with Crippen LogP contribution in [0.4, 0.5) is 0 Å². The van der Waals surface area contributed by atoms with E-state index < -0.39 is 0 Å². The molecule has 39 heavy (non-hydrogen) atoms. The van der Waals surface area contributed by atoms with Crippen molar-refractivity contribution in [3.8, 4) is 0 Å². The van der Waals surface area contributed by atoms with Crippen LogP contribution in [0.2, 0.25) is 0 Å². The number of aliphatic imine (C=N–C) groups is 1. The molecule has 0 aliphatic carbocycles. The summed E-state index contributed by atoms with van der Waals surface area (Å²) < 4.78 is 0. The standard InChI is InChI=1S/C18H21N.C15H24.C3H6.C2H6/c1-13-9-17(18-8-6-5-7-14(18)2)10-15(3)16(4)12-19-11-13;1-4-5-6-8-13(2)11-15-10-7-9-14(3)12-15;1-3-2;1-2/h5-10,12H,11H2,1-4H3;7,9-10,12-13H,4-6,8,11H2,1-3H3;3H,1H2,2H3;1-2H3/b13-9-,16-15+,17-10+,19-12?;;;. The van der Waals surface area contributed by atoms with Gasteiger partial charge in [-0.05, 0) is 87.3 Å². The van der Waals surface area contributed by atoms with E-state index in [2.05, 4.69) is 121 Å². The van der Waals surface area contributed by atoms with Crippen molar-refractivity contribution in [3.63, 3.8) is 0 Å². The first-order valence-electron chi connectivity index (χ1n) is 15.0. The maximum Gasteiger partial charge on any atom is 0.0600 e. The zero-order valence-electron chi connectivity index (χ0n) is 26.9. The SMILES string of the molecule is C/C1=C/C(c2ccccc2C)=C\C(C)=C(/C)C=NC1.C=CC.CC.CCCCCC(C)Cc1cccc(C)c1. The number of rotatable bonds is 7. The molecule has 0 saturated heterocycles. The van der Waals surface area contributed by atoms with Crippen molar-refractivity contribution in [2.75, 3.05) is 6.54 Å². The first-order valence-corrected chi connectivity index (χ1v) is 15.0. The van der Waals surface area contributed by atoms with E-state index in [-0.39, 0.29) is 0 Å². The zero-order chi connectivity index (χ0) is 29.6. The lowest BCUT2D eigenvalue weighted by Crippen LogP contribution is -1.99. The third kappa shape index (κ3) is 15.9. The summed E-state index contributed by atoms with van der Waals surface area (Å²) in [4.78, 5) is 4.47. The fraction of sp³-hybridized carbons (Fsp3) is 0.447. The average Bonchev–Trinajstić information content (AvgIpc) is 2.96. The van der Waals surface area contributed by atoms with Gasteiger partial charge in [0.25, 0.3) is 0 Å². The highest BCUT2D eigenvalue weighted by atomic mass is 14.7. The minimum absolute atomic E-state index is 0.772. The minimum atomic E-state index is 0.772. The molecule has 0 spiro atoms. The molecule has 2 aromatic rings. The Morgan fingerprint density at radius 2 is 1.56 bits per heavy atom. The number of unbranched alkanes of at least 4 members (excludes halogenated alkanes) is 2. The largest absolute Gasteiger partial charge is 0.288 e. The molecular weight excluding hydrogens is 470 g/mol. The van der Waals surface area contributed by atoms with Crippen molar-refractivity contribution < 1.29 is 0 Å². The van der Waals surface area contributed by atoms with Gasteiger partial charge in [-0.15, -0.1) is 6.58 Å². The molecule has 0 bridgehead atoms. The molecule has 3 rings (SSSR count). The third-order valence-corrected chi connectivity index (χ3v) is 6.44. The molecule has 0 N–H and O–H groups in total. The molecule has 0 amide bonds. The van der Waals surface area contributed by atoms with Crippen LogP contribution in [0.5, 0.6) is 0 Å². The summed E-state index contributed by atoms with van der Waals surface area (Å²) in [5, 5.41) is 0. The van der Waals surface area contributed by atoms with Gasteiger partial charge in [0.1, 0.15) is 0 Å². The van der Waals surface area contributed by atoms with E-state index in [1.807, 2.05) is 27.0 Å². The summed E-state index contributed by atoms with van der Waals surface area (Å²) in [7, 11) is 0. The summed E-state index contributed by atoms with van der Waals surface area (Å²) in [6.07, 6.45) is 15.0.